The SMILES string of the molecule is CCOC(=O)C(F)(F)[C@H](N)c1csc([N+](=O)[O-])c1.Cl. The maximum Gasteiger partial charge on any atom is 0.379 e. The van der Waals surface area contributed by atoms with Crippen molar-refractivity contribution in [3.05, 3.63) is 27.1 Å². The fourth-order valence-electron chi connectivity index (χ4n) is 1.16. The van der Waals surface area contributed by atoms with Crippen LogP contribution in [0, 0.1) is 10.1 Å². The molecule has 0 aliphatic carbocycles. The van der Waals surface area contributed by atoms with Crippen molar-refractivity contribution in [1.82, 2.24) is 0 Å². The third-order valence-corrected chi connectivity index (χ3v) is 2.98. The van der Waals surface area contributed by atoms with Gasteiger partial charge >= 0.3 is 16.9 Å². The summed E-state index contributed by atoms with van der Waals surface area (Å²) >= 11 is 0.663. The molecular weight excluding hydrogens is 306 g/mol. The number of hydrogen-bond donors (Lipinski definition) is 1. The molecule has 1 aromatic rings. The molecule has 19 heavy (non-hydrogen) atoms. The molecule has 1 rings (SSSR count). The van der Waals surface area contributed by atoms with Crippen LogP contribution >= 0.6 is 23.7 Å². The first kappa shape index (κ1) is 17.7. The second-order valence-electron chi connectivity index (χ2n) is 3.30. The van der Waals surface area contributed by atoms with E-state index in [1.165, 1.54) is 6.92 Å². The molecular formula is C9H11ClF2N2O4S. The number of nitrogens with zero attached hydrogens (tertiary/aromatic N) is 1. The highest BCUT2D eigenvalue weighted by Gasteiger charge is 2.48. The van der Waals surface area contributed by atoms with Gasteiger partial charge in [-0.2, -0.15) is 8.78 Å². The van der Waals surface area contributed by atoms with Crippen LogP contribution in [-0.4, -0.2) is 23.4 Å². The minimum Gasteiger partial charge on any atom is -0.462 e. The van der Waals surface area contributed by atoms with E-state index in [1.807, 2.05) is 0 Å². The van der Waals surface area contributed by atoms with Crippen molar-refractivity contribution in [2.24, 2.45) is 5.73 Å². The molecule has 0 spiro atoms. The monoisotopic (exact) mass is 316 g/mol. The molecule has 0 aromatic carbocycles. The molecule has 10 heteroatoms. The summed E-state index contributed by atoms with van der Waals surface area (Å²) in [6.45, 7) is 1.18. The molecule has 0 unspecified atom stereocenters. The zero-order valence-corrected chi connectivity index (χ0v) is 11.3. The summed E-state index contributed by atoms with van der Waals surface area (Å²) in [4.78, 5) is 20.7. The second kappa shape index (κ2) is 6.73. The van der Waals surface area contributed by atoms with Gasteiger partial charge in [-0.05, 0) is 12.5 Å². The number of carbonyl (C=O) groups excluding carboxylic acids is 1. The molecule has 1 atom stereocenters. The van der Waals surface area contributed by atoms with Crippen molar-refractivity contribution in [1.29, 1.82) is 0 Å². The lowest BCUT2D eigenvalue weighted by Crippen LogP contribution is -2.41. The minimum atomic E-state index is -3.93. The Morgan fingerprint density at radius 2 is 2.26 bits per heavy atom. The Hall–Kier alpha value is -1.32. The van der Waals surface area contributed by atoms with Gasteiger partial charge in [0.05, 0.1) is 11.5 Å². The highest BCUT2D eigenvalue weighted by Crippen LogP contribution is 2.35. The number of nitrogens with two attached hydrogens (primary N) is 1. The fraction of sp³-hybridized carbons (Fsp3) is 0.444. The van der Waals surface area contributed by atoms with Crippen molar-refractivity contribution in [2.45, 2.75) is 18.9 Å². The normalized spacial score (nSPS) is 12.4. The Labute approximate surface area is 117 Å². The van der Waals surface area contributed by atoms with Crippen LogP contribution in [0.5, 0.6) is 0 Å². The summed E-state index contributed by atoms with van der Waals surface area (Å²) < 4.78 is 31.3. The molecule has 108 valence electrons. The smallest absolute Gasteiger partial charge is 0.379 e. The number of carbonyl (C=O) groups is 1. The molecule has 0 saturated carbocycles. The quantitative estimate of drug-likeness (QED) is 0.511. The summed E-state index contributed by atoms with van der Waals surface area (Å²) in [6.07, 6.45) is 0. The number of halogens is 3. The van der Waals surface area contributed by atoms with Crippen molar-refractivity contribution >= 4 is 34.7 Å². The van der Waals surface area contributed by atoms with Gasteiger partial charge in [0, 0.05) is 11.4 Å². The first-order valence-corrected chi connectivity index (χ1v) is 5.72. The van der Waals surface area contributed by atoms with Crippen LogP contribution in [0.1, 0.15) is 18.5 Å². The number of thiophene rings is 1. The lowest BCUT2D eigenvalue weighted by molar-refractivity contribution is -0.380. The van der Waals surface area contributed by atoms with Crippen LogP contribution in [0.2, 0.25) is 0 Å². The molecule has 0 aliphatic rings. The molecule has 6 nitrogen and oxygen atoms in total. The van der Waals surface area contributed by atoms with E-state index in [9.17, 15) is 23.7 Å². The van der Waals surface area contributed by atoms with Gasteiger partial charge in [-0.1, -0.05) is 11.3 Å². The first-order valence-electron chi connectivity index (χ1n) is 4.84. The number of rotatable bonds is 5. The van der Waals surface area contributed by atoms with E-state index < -0.39 is 22.9 Å². The second-order valence-corrected chi connectivity index (χ2v) is 4.19. The van der Waals surface area contributed by atoms with Crippen molar-refractivity contribution in [3.8, 4) is 0 Å². The molecule has 2 N–H and O–H groups in total. The standard InChI is InChI=1S/C9H10F2N2O4S.ClH/c1-2-17-8(14)9(10,11)7(12)5-3-6(13(15)16)18-4-5;/h3-4,7H,2,12H2,1H3;1H/t7-;/m1./s1. The average Bonchev–Trinajstić information content (AvgIpc) is 2.77. The van der Waals surface area contributed by atoms with Crippen LogP contribution in [0.3, 0.4) is 0 Å². The molecule has 1 heterocycles. The average molecular weight is 317 g/mol. The minimum absolute atomic E-state index is 0. The zero-order chi connectivity index (χ0) is 13.9. The van der Waals surface area contributed by atoms with Gasteiger partial charge in [-0.25, -0.2) is 4.79 Å². The third-order valence-electron chi connectivity index (χ3n) is 2.08. The number of hydrogen-bond acceptors (Lipinski definition) is 6. The van der Waals surface area contributed by atoms with Gasteiger partial charge in [-0.15, -0.1) is 12.4 Å². The Kier molecular flexibility index (Phi) is 6.27. The van der Waals surface area contributed by atoms with Crippen molar-refractivity contribution in [2.75, 3.05) is 6.61 Å². The Balaban J connectivity index is 0.00000324. The Morgan fingerprint density at radius 1 is 1.68 bits per heavy atom. The molecule has 0 saturated heterocycles. The summed E-state index contributed by atoms with van der Waals surface area (Å²) in [5, 5.41) is 11.2. The molecule has 1 aromatic heterocycles. The first-order chi connectivity index (χ1) is 8.30. The van der Waals surface area contributed by atoms with Crippen LogP contribution in [0.15, 0.2) is 11.4 Å². The van der Waals surface area contributed by atoms with E-state index >= 15 is 0 Å². The number of ether oxygens (including phenoxy) is 1. The van der Waals surface area contributed by atoms with Crippen LogP contribution < -0.4 is 5.73 Å². The summed E-state index contributed by atoms with van der Waals surface area (Å²) in [5.41, 5.74) is 5.07. The van der Waals surface area contributed by atoms with Gasteiger partial charge in [0.1, 0.15) is 6.04 Å². The van der Waals surface area contributed by atoms with Crippen LogP contribution in [-0.2, 0) is 9.53 Å². The highest BCUT2D eigenvalue weighted by molar-refractivity contribution is 7.13. The van der Waals surface area contributed by atoms with E-state index in [0.717, 1.165) is 11.4 Å². The number of esters is 1. The van der Waals surface area contributed by atoms with Crippen LogP contribution in [0.25, 0.3) is 0 Å². The zero-order valence-electron chi connectivity index (χ0n) is 9.67. The maximum absolute atomic E-state index is 13.5. The molecule has 0 amide bonds. The topological polar surface area (TPSA) is 95.5 Å². The van der Waals surface area contributed by atoms with Gasteiger partial charge in [-0.3, -0.25) is 10.1 Å². The van der Waals surface area contributed by atoms with E-state index in [2.05, 4.69) is 4.74 Å². The Bertz CT molecular complexity index is 469. The summed E-state index contributed by atoms with van der Waals surface area (Å²) in [7, 11) is 0. The maximum atomic E-state index is 13.5. The fourth-order valence-corrected chi connectivity index (χ4v) is 1.92. The van der Waals surface area contributed by atoms with E-state index in [1.54, 1.807) is 0 Å². The summed E-state index contributed by atoms with van der Waals surface area (Å²) in [5.74, 6) is -5.67. The van der Waals surface area contributed by atoms with E-state index in [-0.39, 0.29) is 29.6 Å². The summed E-state index contributed by atoms with van der Waals surface area (Å²) in [6, 6.07) is -1.05. The molecule has 0 radical (unpaired) electrons. The van der Waals surface area contributed by atoms with E-state index in [4.69, 9.17) is 5.73 Å². The Morgan fingerprint density at radius 3 is 2.68 bits per heavy atom. The lowest BCUT2D eigenvalue weighted by Gasteiger charge is -2.20. The molecule has 0 bridgehead atoms. The van der Waals surface area contributed by atoms with Gasteiger partial charge in [0.15, 0.2) is 0 Å². The lowest BCUT2D eigenvalue weighted by atomic mass is 10.1. The van der Waals surface area contributed by atoms with Gasteiger partial charge < -0.3 is 10.5 Å². The third kappa shape index (κ3) is 3.82. The predicted octanol–water partition coefficient (Wildman–Crippen LogP) is 2.28. The molecule has 0 aliphatic heterocycles. The van der Waals surface area contributed by atoms with Gasteiger partial charge in [0.2, 0.25) is 0 Å². The van der Waals surface area contributed by atoms with Crippen LogP contribution in [0.4, 0.5) is 13.8 Å². The highest BCUT2D eigenvalue weighted by atomic mass is 35.5. The van der Waals surface area contributed by atoms with Crippen molar-refractivity contribution in [3.63, 3.8) is 0 Å². The van der Waals surface area contributed by atoms with Crippen molar-refractivity contribution < 1.29 is 23.2 Å². The number of nitro groups is 1. The largest absolute Gasteiger partial charge is 0.462 e. The van der Waals surface area contributed by atoms with E-state index in [0.29, 0.717) is 11.3 Å². The van der Waals surface area contributed by atoms with Gasteiger partial charge in [0.25, 0.3) is 0 Å². The molecule has 0 fully saturated rings. The predicted molar refractivity (Wildman–Crippen MR) is 66.7 cm³/mol. The number of alkyl halides is 2.